The number of quaternary nitrogens is 2. The number of hydrogen-bond acceptors (Lipinski definition) is 2. The van der Waals surface area contributed by atoms with E-state index in [1.54, 1.807) is 4.90 Å². The largest absolute Gasteiger partial charge is 0.372 e. The van der Waals surface area contributed by atoms with E-state index in [2.05, 4.69) is 34.5 Å². The lowest BCUT2D eigenvalue weighted by atomic mass is 10.2. The summed E-state index contributed by atoms with van der Waals surface area (Å²) in [6.07, 6.45) is 2.69. The molecule has 2 aliphatic heterocycles. The Balaban J connectivity index is 1.36. The monoisotopic (exact) mass is 291 g/mol. The highest BCUT2D eigenvalue weighted by atomic mass is 16.5. The number of morpholine rings is 1. The van der Waals surface area contributed by atoms with Crippen LogP contribution in [0.5, 0.6) is 0 Å². The van der Waals surface area contributed by atoms with Crippen molar-refractivity contribution in [1.29, 1.82) is 0 Å². The summed E-state index contributed by atoms with van der Waals surface area (Å²) in [4.78, 5) is 4.19. The highest BCUT2D eigenvalue weighted by Crippen LogP contribution is 2.19. The van der Waals surface area contributed by atoms with Gasteiger partial charge in [-0.25, -0.2) is 0 Å². The van der Waals surface area contributed by atoms with Gasteiger partial charge in [0.1, 0.15) is 32.7 Å². The van der Waals surface area contributed by atoms with E-state index in [0.29, 0.717) is 0 Å². The lowest BCUT2D eigenvalue weighted by Gasteiger charge is -2.22. The number of nitrogens with two attached hydrogens (primary N) is 1. The second-order valence-electron chi connectivity index (χ2n) is 6.25. The lowest BCUT2D eigenvalue weighted by molar-refractivity contribution is -0.920. The normalized spacial score (nSPS) is 20.1. The number of anilines is 1. The Labute approximate surface area is 128 Å². The minimum Gasteiger partial charge on any atom is -0.372 e. The molecule has 0 radical (unpaired) electrons. The van der Waals surface area contributed by atoms with Gasteiger partial charge in [0.15, 0.2) is 0 Å². The molecule has 4 nitrogen and oxygen atoms in total. The van der Waals surface area contributed by atoms with Crippen LogP contribution in [0.3, 0.4) is 0 Å². The van der Waals surface area contributed by atoms with Crippen LogP contribution in [0.15, 0.2) is 24.3 Å². The van der Waals surface area contributed by atoms with Crippen molar-refractivity contribution < 1.29 is 15.0 Å². The smallest absolute Gasteiger partial charge is 0.127 e. The van der Waals surface area contributed by atoms with E-state index in [-0.39, 0.29) is 0 Å². The highest BCUT2D eigenvalue weighted by Gasteiger charge is 2.14. The summed E-state index contributed by atoms with van der Waals surface area (Å²) >= 11 is 0. The number of nitrogens with zero attached hydrogens (tertiary/aromatic N) is 1. The Hall–Kier alpha value is -1.10. The quantitative estimate of drug-likeness (QED) is 0.677. The van der Waals surface area contributed by atoms with Crippen molar-refractivity contribution in [2.24, 2.45) is 0 Å². The molecule has 1 aromatic carbocycles. The van der Waals surface area contributed by atoms with Crippen LogP contribution in [-0.2, 0) is 11.3 Å². The zero-order valence-corrected chi connectivity index (χ0v) is 13.0. The van der Waals surface area contributed by atoms with Gasteiger partial charge in [0.05, 0.1) is 13.2 Å². The summed E-state index contributed by atoms with van der Waals surface area (Å²) in [5.41, 5.74) is 2.84. The molecule has 0 spiro atoms. The number of hydrogen-bond donors (Lipinski definition) is 2. The Morgan fingerprint density at radius 3 is 2.48 bits per heavy atom. The van der Waals surface area contributed by atoms with Gasteiger partial charge in [-0.05, 0) is 25.0 Å². The van der Waals surface area contributed by atoms with Crippen LogP contribution in [0.2, 0.25) is 0 Å². The summed E-state index contributed by atoms with van der Waals surface area (Å²) in [5.74, 6) is 0. The molecule has 21 heavy (non-hydrogen) atoms. The standard InChI is InChI=1S/C17H27N3O/c1-2-9-20(8-1)17-5-3-16(4-6-17)15-18-7-10-19-11-13-21-14-12-19/h3-6,18H,1-2,7-15H2/p+2. The fourth-order valence-corrected chi connectivity index (χ4v) is 3.30. The van der Waals surface area contributed by atoms with Crippen LogP contribution in [0.1, 0.15) is 18.4 Å². The van der Waals surface area contributed by atoms with E-state index in [0.717, 1.165) is 19.8 Å². The molecule has 2 fully saturated rings. The molecule has 2 saturated heterocycles. The molecule has 0 unspecified atom stereocenters. The number of nitrogens with one attached hydrogen (secondary N) is 1. The van der Waals surface area contributed by atoms with Gasteiger partial charge in [-0.1, -0.05) is 12.1 Å². The molecule has 116 valence electrons. The maximum Gasteiger partial charge on any atom is 0.127 e. The van der Waals surface area contributed by atoms with Gasteiger partial charge < -0.3 is 19.9 Å². The van der Waals surface area contributed by atoms with Gasteiger partial charge in [0.25, 0.3) is 0 Å². The molecular formula is C17H29N3O+2. The third-order valence-electron chi connectivity index (χ3n) is 4.69. The van der Waals surface area contributed by atoms with Crippen molar-refractivity contribution in [3.8, 4) is 0 Å². The Morgan fingerprint density at radius 1 is 1.05 bits per heavy atom. The summed E-state index contributed by atoms with van der Waals surface area (Å²) in [5, 5.41) is 2.44. The maximum absolute atomic E-state index is 5.39. The highest BCUT2D eigenvalue weighted by molar-refractivity contribution is 5.48. The van der Waals surface area contributed by atoms with E-state index in [4.69, 9.17) is 4.74 Å². The van der Waals surface area contributed by atoms with Crippen molar-refractivity contribution in [3.63, 3.8) is 0 Å². The first-order chi connectivity index (χ1) is 10.4. The molecule has 0 aromatic heterocycles. The predicted octanol–water partition coefficient (Wildman–Crippen LogP) is -0.735. The lowest BCUT2D eigenvalue weighted by Crippen LogP contribution is -3.16. The van der Waals surface area contributed by atoms with E-state index < -0.39 is 0 Å². The molecule has 4 heteroatoms. The van der Waals surface area contributed by atoms with Gasteiger partial charge in [-0.3, -0.25) is 0 Å². The Kier molecular flexibility index (Phi) is 5.49. The molecule has 0 aliphatic carbocycles. The topological polar surface area (TPSA) is 33.5 Å². The zero-order chi connectivity index (χ0) is 14.3. The first kappa shape index (κ1) is 14.8. The minimum atomic E-state index is 0.938. The SMILES string of the molecule is c1cc(N2CCCC2)ccc1C[NH2+]CC[NH+]1CCOCC1. The van der Waals surface area contributed by atoms with Crippen LogP contribution in [0.25, 0.3) is 0 Å². The van der Waals surface area contributed by atoms with Crippen LogP contribution < -0.4 is 15.1 Å². The molecule has 1 aromatic rings. The molecule has 3 rings (SSSR count). The van der Waals surface area contributed by atoms with E-state index in [9.17, 15) is 0 Å². The van der Waals surface area contributed by atoms with Gasteiger partial charge in [0.2, 0.25) is 0 Å². The van der Waals surface area contributed by atoms with Crippen molar-refractivity contribution in [2.45, 2.75) is 19.4 Å². The first-order valence-corrected chi connectivity index (χ1v) is 8.49. The number of rotatable bonds is 6. The predicted molar refractivity (Wildman–Crippen MR) is 84.8 cm³/mol. The van der Waals surface area contributed by atoms with Crippen molar-refractivity contribution >= 4 is 5.69 Å². The molecule has 0 bridgehead atoms. The maximum atomic E-state index is 5.39. The summed E-state index contributed by atoms with van der Waals surface area (Å²) in [6.45, 7) is 10.3. The van der Waals surface area contributed by atoms with Crippen molar-refractivity contribution in [3.05, 3.63) is 29.8 Å². The second kappa shape index (κ2) is 7.78. The van der Waals surface area contributed by atoms with Crippen LogP contribution in [-0.4, -0.2) is 52.5 Å². The van der Waals surface area contributed by atoms with Gasteiger partial charge in [-0.15, -0.1) is 0 Å². The fourth-order valence-electron chi connectivity index (χ4n) is 3.30. The fraction of sp³-hybridized carbons (Fsp3) is 0.647. The summed E-state index contributed by atoms with van der Waals surface area (Å²) < 4.78 is 5.39. The van der Waals surface area contributed by atoms with E-state index >= 15 is 0 Å². The van der Waals surface area contributed by atoms with Crippen LogP contribution >= 0.6 is 0 Å². The molecule has 2 aliphatic rings. The van der Waals surface area contributed by atoms with Crippen molar-refractivity contribution in [1.82, 2.24) is 0 Å². The molecular weight excluding hydrogens is 262 g/mol. The van der Waals surface area contributed by atoms with Crippen molar-refractivity contribution in [2.75, 3.05) is 57.4 Å². The Bertz CT molecular complexity index is 409. The summed E-state index contributed by atoms with van der Waals surface area (Å²) in [7, 11) is 0. The number of benzene rings is 1. The zero-order valence-electron chi connectivity index (χ0n) is 13.0. The third kappa shape index (κ3) is 4.43. The van der Waals surface area contributed by atoms with E-state index in [1.165, 1.54) is 63.4 Å². The number of ether oxygens (including phenoxy) is 1. The molecule has 2 heterocycles. The molecule has 0 amide bonds. The molecule has 0 saturated carbocycles. The average molecular weight is 291 g/mol. The minimum absolute atomic E-state index is 0.938. The van der Waals surface area contributed by atoms with Crippen LogP contribution in [0, 0.1) is 0 Å². The van der Waals surface area contributed by atoms with Gasteiger partial charge in [-0.2, -0.15) is 0 Å². The third-order valence-corrected chi connectivity index (χ3v) is 4.69. The Morgan fingerprint density at radius 2 is 1.76 bits per heavy atom. The van der Waals surface area contributed by atoms with Gasteiger partial charge >= 0.3 is 0 Å². The van der Waals surface area contributed by atoms with Gasteiger partial charge in [0, 0.05) is 24.3 Å². The molecule has 3 N–H and O–H groups in total. The second-order valence-corrected chi connectivity index (χ2v) is 6.25. The first-order valence-electron chi connectivity index (χ1n) is 8.49. The average Bonchev–Trinajstić information content (AvgIpc) is 3.08. The summed E-state index contributed by atoms with van der Waals surface area (Å²) in [6, 6.07) is 9.18. The molecule has 0 atom stereocenters. The van der Waals surface area contributed by atoms with Crippen LogP contribution in [0.4, 0.5) is 5.69 Å². The van der Waals surface area contributed by atoms with E-state index in [1.807, 2.05) is 0 Å².